The van der Waals surface area contributed by atoms with Crippen molar-refractivity contribution in [2.75, 3.05) is 25.1 Å². The number of carboxylic acid groups (broad SMARTS) is 1. The molecule has 0 unspecified atom stereocenters. The number of carboxylic acids is 1. The zero-order valence-electron chi connectivity index (χ0n) is 16.2. The number of aromatic amines is 1. The van der Waals surface area contributed by atoms with Crippen LogP contribution in [0.3, 0.4) is 0 Å². The van der Waals surface area contributed by atoms with E-state index in [1.54, 1.807) is 12.1 Å². The number of carbonyl (C=O) groups excluding carboxylic acids is 1. The third-order valence-corrected chi connectivity index (χ3v) is 6.19. The van der Waals surface area contributed by atoms with E-state index in [2.05, 4.69) is 20.2 Å². The molecule has 0 bridgehead atoms. The molecule has 1 amide bonds. The minimum absolute atomic E-state index is 0.103. The minimum Gasteiger partial charge on any atom is -0.480 e. The van der Waals surface area contributed by atoms with Crippen LogP contribution in [0.15, 0.2) is 30.5 Å². The highest BCUT2D eigenvalue weighted by Crippen LogP contribution is 2.40. The molecule has 0 saturated carbocycles. The Kier molecular flexibility index (Phi) is 4.14. The Bertz CT molecular complexity index is 1200. The summed E-state index contributed by atoms with van der Waals surface area (Å²) < 4.78 is 5.53. The average molecular weight is 427 g/mol. The van der Waals surface area contributed by atoms with Gasteiger partial charge in [-0.3, -0.25) is 4.79 Å². The van der Waals surface area contributed by atoms with Gasteiger partial charge in [-0.25, -0.2) is 4.79 Å². The van der Waals surface area contributed by atoms with Crippen LogP contribution in [0.4, 0.5) is 5.82 Å². The fourth-order valence-corrected chi connectivity index (χ4v) is 4.62. The largest absolute Gasteiger partial charge is 0.480 e. The normalized spacial score (nSPS) is 17.3. The second kappa shape index (κ2) is 6.63. The number of carbonyl (C=O) groups is 2. The second-order valence-corrected chi connectivity index (χ2v) is 8.20. The van der Waals surface area contributed by atoms with E-state index in [1.165, 1.54) is 13.3 Å². The van der Waals surface area contributed by atoms with Gasteiger partial charge in [0.25, 0.3) is 0 Å². The minimum atomic E-state index is -1.01. The number of aromatic nitrogens is 2. The Labute approximate surface area is 176 Å². The molecule has 3 N–H and O–H groups in total. The van der Waals surface area contributed by atoms with Gasteiger partial charge >= 0.3 is 5.97 Å². The van der Waals surface area contributed by atoms with Crippen molar-refractivity contribution in [2.24, 2.45) is 0 Å². The number of amides is 1. The maximum atomic E-state index is 11.6. The number of H-pyrrole nitrogens is 1. The van der Waals surface area contributed by atoms with E-state index in [1.807, 2.05) is 12.1 Å². The highest BCUT2D eigenvalue weighted by molar-refractivity contribution is 6.34. The van der Waals surface area contributed by atoms with E-state index < -0.39 is 5.97 Å². The Hall–Kier alpha value is -3.26. The summed E-state index contributed by atoms with van der Waals surface area (Å²) in [7, 11) is 1.54. The van der Waals surface area contributed by atoms with Crippen LogP contribution >= 0.6 is 11.6 Å². The maximum absolute atomic E-state index is 11.6. The molecule has 2 aliphatic rings. The number of anilines is 1. The molecule has 5 rings (SSSR count). The Morgan fingerprint density at radius 1 is 1.30 bits per heavy atom. The van der Waals surface area contributed by atoms with Crippen LogP contribution in [-0.4, -0.2) is 52.7 Å². The number of nitrogens with one attached hydrogen (secondary N) is 2. The zero-order valence-corrected chi connectivity index (χ0v) is 16.9. The standard InChI is InChI=1S/C21H19ClN4O4/c1-30-19-11(12-6-13-14(20(28)29)8-23-16(13)7-15(12)22)2-3-17(24-19)26-9-21(10-26)5-4-18(27)25-21/h2-3,6-8,23H,4-5,9-10H2,1H3,(H,25,27)(H,28,29). The highest BCUT2D eigenvalue weighted by Gasteiger charge is 2.48. The van der Waals surface area contributed by atoms with Crippen molar-refractivity contribution in [3.8, 4) is 17.0 Å². The van der Waals surface area contributed by atoms with Crippen molar-refractivity contribution in [3.05, 3.63) is 41.0 Å². The first-order chi connectivity index (χ1) is 14.4. The molecule has 2 fully saturated rings. The van der Waals surface area contributed by atoms with Crippen LogP contribution in [0.25, 0.3) is 22.0 Å². The summed E-state index contributed by atoms with van der Waals surface area (Å²) in [6, 6.07) is 7.20. The highest BCUT2D eigenvalue weighted by atomic mass is 35.5. The molecule has 1 aromatic carbocycles. The van der Waals surface area contributed by atoms with E-state index in [0.717, 1.165) is 12.2 Å². The van der Waals surface area contributed by atoms with E-state index in [9.17, 15) is 14.7 Å². The lowest BCUT2D eigenvalue weighted by atomic mass is 9.88. The molecule has 3 aromatic rings. The molecule has 30 heavy (non-hydrogen) atoms. The number of fused-ring (bicyclic) bond motifs is 1. The van der Waals surface area contributed by atoms with Crippen molar-refractivity contribution >= 4 is 40.2 Å². The number of hydrogen-bond acceptors (Lipinski definition) is 5. The van der Waals surface area contributed by atoms with Crippen LogP contribution in [0, 0.1) is 0 Å². The SMILES string of the molecule is COc1nc(N2CC3(CCC(=O)N3)C2)ccc1-c1cc2c(C(=O)O)c[nH]c2cc1Cl. The van der Waals surface area contributed by atoms with Crippen LogP contribution in [-0.2, 0) is 4.79 Å². The summed E-state index contributed by atoms with van der Waals surface area (Å²) in [6.07, 6.45) is 2.87. The lowest BCUT2D eigenvalue weighted by molar-refractivity contribution is -0.119. The van der Waals surface area contributed by atoms with Crippen molar-refractivity contribution in [3.63, 3.8) is 0 Å². The molecule has 2 aromatic heterocycles. The summed E-state index contributed by atoms with van der Waals surface area (Å²) in [6.45, 7) is 1.43. The first-order valence-corrected chi connectivity index (χ1v) is 9.92. The van der Waals surface area contributed by atoms with Crippen molar-refractivity contribution < 1.29 is 19.4 Å². The summed E-state index contributed by atoms with van der Waals surface area (Å²) in [5.41, 5.74) is 2.01. The molecule has 0 atom stereocenters. The molecule has 0 aliphatic carbocycles. The lowest BCUT2D eigenvalue weighted by Gasteiger charge is -2.48. The van der Waals surface area contributed by atoms with E-state index in [-0.39, 0.29) is 17.0 Å². The number of halogens is 1. The molecule has 4 heterocycles. The number of benzene rings is 1. The molecular formula is C21H19ClN4O4. The van der Waals surface area contributed by atoms with Crippen LogP contribution in [0.5, 0.6) is 5.88 Å². The molecular weight excluding hydrogens is 408 g/mol. The summed E-state index contributed by atoms with van der Waals surface area (Å²) >= 11 is 6.49. The van der Waals surface area contributed by atoms with Crippen LogP contribution in [0.1, 0.15) is 23.2 Å². The predicted molar refractivity (Wildman–Crippen MR) is 112 cm³/mol. The topological polar surface area (TPSA) is 108 Å². The summed E-state index contributed by atoms with van der Waals surface area (Å²) in [5, 5.41) is 13.5. The van der Waals surface area contributed by atoms with Crippen molar-refractivity contribution in [1.29, 1.82) is 0 Å². The van der Waals surface area contributed by atoms with Gasteiger partial charge in [0.15, 0.2) is 0 Å². The number of hydrogen-bond donors (Lipinski definition) is 3. The number of methoxy groups -OCH3 is 1. The van der Waals surface area contributed by atoms with Gasteiger partial charge in [0, 0.05) is 47.7 Å². The number of nitrogens with zero attached hydrogens (tertiary/aromatic N) is 2. The van der Waals surface area contributed by atoms with Gasteiger partial charge in [0.2, 0.25) is 11.8 Å². The molecule has 1 spiro atoms. The molecule has 2 saturated heterocycles. The molecule has 0 radical (unpaired) electrons. The number of aromatic carboxylic acids is 1. The summed E-state index contributed by atoms with van der Waals surface area (Å²) in [5.74, 6) is 0.247. The van der Waals surface area contributed by atoms with Gasteiger partial charge in [-0.05, 0) is 30.7 Å². The maximum Gasteiger partial charge on any atom is 0.337 e. The van der Waals surface area contributed by atoms with Gasteiger partial charge in [0.05, 0.1) is 23.2 Å². The lowest BCUT2D eigenvalue weighted by Crippen LogP contribution is -2.67. The number of ether oxygens (including phenoxy) is 1. The fourth-order valence-electron chi connectivity index (χ4n) is 4.35. The second-order valence-electron chi connectivity index (χ2n) is 7.80. The summed E-state index contributed by atoms with van der Waals surface area (Å²) in [4.78, 5) is 32.7. The molecule has 9 heteroatoms. The van der Waals surface area contributed by atoms with Gasteiger partial charge < -0.3 is 25.0 Å². The van der Waals surface area contributed by atoms with Crippen molar-refractivity contribution in [2.45, 2.75) is 18.4 Å². The van der Waals surface area contributed by atoms with Gasteiger partial charge in [-0.1, -0.05) is 11.6 Å². The van der Waals surface area contributed by atoms with E-state index in [4.69, 9.17) is 16.3 Å². The Balaban J connectivity index is 1.49. The predicted octanol–water partition coefficient (Wildman–Crippen LogP) is 3.06. The zero-order chi connectivity index (χ0) is 21.0. The molecule has 2 aliphatic heterocycles. The monoisotopic (exact) mass is 426 g/mol. The van der Waals surface area contributed by atoms with Crippen LogP contribution in [0.2, 0.25) is 5.02 Å². The first-order valence-electron chi connectivity index (χ1n) is 9.54. The quantitative estimate of drug-likeness (QED) is 0.591. The Morgan fingerprint density at radius 3 is 2.77 bits per heavy atom. The van der Waals surface area contributed by atoms with Gasteiger partial charge in [-0.2, -0.15) is 4.98 Å². The first kappa shape index (κ1) is 18.7. The van der Waals surface area contributed by atoms with Crippen molar-refractivity contribution in [1.82, 2.24) is 15.3 Å². The average Bonchev–Trinajstić information content (AvgIpc) is 3.29. The van der Waals surface area contributed by atoms with E-state index >= 15 is 0 Å². The smallest absolute Gasteiger partial charge is 0.337 e. The third-order valence-electron chi connectivity index (χ3n) is 5.88. The third kappa shape index (κ3) is 2.87. The van der Waals surface area contributed by atoms with E-state index in [0.29, 0.717) is 52.4 Å². The molecule has 8 nitrogen and oxygen atoms in total. The van der Waals surface area contributed by atoms with Gasteiger partial charge in [0.1, 0.15) is 5.82 Å². The fraction of sp³-hybridized carbons (Fsp3) is 0.286. The number of rotatable bonds is 4. The molecule has 154 valence electrons. The van der Waals surface area contributed by atoms with Gasteiger partial charge in [-0.15, -0.1) is 0 Å². The number of pyridine rings is 1. The van der Waals surface area contributed by atoms with Crippen LogP contribution < -0.4 is 15.0 Å². The Morgan fingerprint density at radius 2 is 2.10 bits per heavy atom.